The van der Waals surface area contributed by atoms with Gasteiger partial charge in [-0.15, -0.1) is 11.3 Å². The molecule has 0 fully saturated rings. The molecule has 1 heterocycles. The molecule has 2 amide bonds. The highest BCUT2D eigenvalue weighted by molar-refractivity contribution is 7.09. The Balaban J connectivity index is 1.93. The highest BCUT2D eigenvalue weighted by Crippen LogP contribution is 2.29. The SMILES string of the molecule is Cc1cccc(OC(F)F)c1NC(=O)NCCc1cccs1. The number of nitrogens with one attached hydrogen (secondary N) is 2. The monoisotopic (exact) mass is 326 g/mol. The van der Waals surface area contributed by atoms with Crippen molar-refractivity contribution in [3.05, 3.63) is 46.2 Å². The number of hydrogen-bond donors (Lipinski definition) is 2. The number of ether oxygens (including phenoxy) is 1. The quantitative estimate of drug-likeness (QED) is 0.842. The first-order valence-corrected chi connectivity index (χ1v) is 7.56. The number of para-hydroxylation sites is 1. The molecular weight excluding hydrogens is 310 g/mol. The number of aryl methyl sites for hydroxylation is 1. The first-order valence-electron chi connectivity index (χ1n) is 6.68. The van der Waals surface area contributed by atoms with Crippen LogP contribution in [0.3, 0.4) is 0 Å². The summed E-state index contributed by atoms with van der Waals surface area (Å²) in [5.74, 6) is -0.0524. The average molecular weight is 326 g/mol. The van der Waals surface area contributed by atoms with Crippen molar-refractivity contribution in [3.8, 4) is 5.75 Å². The number of alkyl halides is 2. The summed E-state index contributed by atoms with van der Waals surface area (Å²) in [6.07, 6.45) is 0.721. The number of rotatable bonds is 6. The van der Waals surface area contributed by atoms with Gasteiger partial charge in [-0.1, -0.05) is 18.2 Å². The Morgan fingerprint density at radius 3 is 2.82 bits per heavy atom. The lowest BCUT2D eigenvalue weighted by Crippen LogP contribution is -2.30. The lowest BCUT2D eigenvalue weighted by molar-refractivity contribution is -0.0493. The fourth-order valence-electron chi connectivity index (χ4n) is 1.91. The van der Waals surface area contributed by atoms with Crippen molar-refractivity contribution < 1.29 is 18.3 Å². The van der Waals surface area contributed by atoms with Gasteiger partial charge in [0, 0.05) is 11.4 Å². The minimum atomic E-state index is -2.94. The number of hydrogen-bond acceptors (Lipinski definition) is 3. The number of carbonyl (C=O) groups is 1. The molecule has 0 unspecified atom stereocenters. The Bertz CT molecular complexity index is 618. The van der Waals surface area contributed by atoms with Gasteiger partial charge in [0.05, 0.1) is 5.69 Å². The number of urea groups is 1. The highest BCUT2D eigenvalue weighted by Gasteiger charge is 2.13. The zero-order chi connectivity index (χ0) is 15.9. The van der Waals surface area contributed by atoms with Crippen molar-refractivity contribution in [3.63, 3.8) is 0 Å². The van der Waals surface area contributed by atoms with E-state index < -0.39 is 12.6 Å². The molecule has 1 aromatic carbocycles. The van der Waals surface area contributed by atoms with E-state index >= 15 is 0 Å². The molecule has 2 rings (SSSR count). The number of anilines is 1. The van der Waals surface area contributed by atoms with Crippen LogP contribution in [0.4, 0.5) is 19.3 Å². The molecule has 0 aliphatic rings. The van der Waals surface area contributed by atoms with Crippen LogP contribution in [-0.4, -0.2) is 19.2 Å². The fraction of sp³-hybridized carbons (Fsp3) is 0.267. The van der Waals surface area contributed by atoms with Crippen LogP contribution in [0.1, 0.15) is 10.4 Å². The average Bonchev–Trinajstić information content (AvgIpc) is 2.95. The lowest BCUT2D eigenvalue weighted by atomic mass is 10.2. The Kier molecular flexibility index (Phi) is 5.71. The van der Waals surface area contributed by atoms with E-state index in [4.69, 9.17) is 0 Å². The van der Waals surface area contributed by atoms with Crippen LogP contribution in [0.15, 0.2) is 35.7 Å². The van der Waals surface area contributed by atoms with Gasteiger partial charge in [0.2, 0.25) is 0 Å². The van der Waals surface area contributed by atoms with E-state index in [-0.39, 0.29) is 11.4 Å². The molecule has 0 aliphatic heterocycles. The summed E-state index contributed by atoms with van der Waals surface area (Å²) in [6.45, 7) is -0.771. The third kappa shape index (κ3) is 4.70. The number of halogens is 2. The third-order valence-corrected chi connectivity index (χ3v) is 3.86. The van der Waals surface area contributed by atoms with Crippen molar-refractivity contribution >= 4 is 23.1 Å². The van der Waals surface area contributed by atoms with Gasteiger partial charge in [0.25, 0.3) is 0 Å². The van der Waals surface area contributed by atoms with Gasteiger partial charge in [0.15, 0.2) is 0 Å². The zero-order valence-electron chi connectivity index (χ0n) is 11.9. The second-order valence-corrected chi connectivity index (χ2v) is 5.57. The number of carbonyl (C=O) groups excluding carboxylic acids is 1. The highest BCUT2D eigenvalue weighted by atomic mass is 32.1. The summed E-state index contributed by atoms with van der Waals surface area (Å²) in [7, 11) is 0. The molecule has 0 atom stereocenters. The first-order chi connectivity index (χ1) is 10.6. The van der Waals surface area contributed by atoms with E-state index in [1.54, 1.807) is 30.4 Å². The summed E-state index contributed by atoms with van der Waals surface area (Å²) < 4.78 is 29.2. The van der Waals surface area contributed by atoms with Crippen molar-refractivity contribution in [2.24, 2.45) is 0 Å². The normalized spacial score (nSPS) is 10.5. The van der Waals surface area contributed by atoms with E-state index in [9.17, 15) is 13.6 Å². The Hall–Kier alpha value is -2.15. The van der Waals surface area contributed by atoms with Crippen LogP contribution in [0.5, 0.6) is 5.75 Å². The van der Waals surface area contributed by atoms with Crippen molar-refractivity contribution in [2.75, 3.05) is 11.9 Å². The number of amides is 2. The van der Waals surface area contributed by atoms with Crippen molar-refractivity contribution in [1.82, 2.24) is 5.32 Å². The van der Waals surface area contributed by atoms with Gasteiger partial charge in [-0.2, -0.15) is 8.78 Å². The Labute approximate surface area is 131 Å². The standard InChI is InChI=1S/C15H16F2N2O2S/c1-10-4-2-6-12(21-14(16)17)13(10)19-15(20)18-8-7-11-5-3-9-22-11/h2-6,9,14H,7-8H2,1H3,(H2,18,19,20). The molecule has 0 bridgehead atoms. The van der Waals surface area contributed by atoms with Gasteiger partial charge in [-0.05, 0) is 36.4 Å². The molecule has 7 heteroatoms. The maximum Gasteiger partial charge on any atom is 0.387 e. The van der Waals surface area contributed by atoms with Crippen LogP contribution in [0, 0.1) is 6.92 Å². The van der Waals surface area contributed by atoms with Crippen LogP contribution in [0.25, 0.3) is 0 Å². The van der Waals surface area contributed by atoms with E-state index in [2.05, 4.69) is 15.4 Å². The molecule has 0 saturated heterocycles. The van der Waals surface area contributed by atoms with E-state index in [1.807, 2.05) is 17.5 Å². The van der Waals surface area contributed by atoms with E-state index in [0.29, 0.717) is 12.1 Å². The smallest absolute Gasteiger partial charge is 0.387 e. The number of benzene rings is 1. The summed E-state index contributed by atoms with van der Waals surface area (Å²) in [6, 6.07) is 8.17. The summed E-state index contributed by atoms with van der Waals surface area (Å²) in [5, 5.41) is 7.22. The molecule has 0 spiro atoms. The molecule has 4 nitrogen and oxygen atoms in total. The van der Waals surface area contributed by atoms with Crippen LogP contribution in [0.2, 0.25) is 0 Å². The predicted octanol–water partition coefficient (Wildman–Crippen LogP) is 4.02. The first kappa shape index (κ1) is 16.2. The largest absolute Gasteiger partial charge is 0.433 e. The molecule has 0 aliphatic carbocycles. The third-order valence-electron chi connectivity index (χ3n) is 2.93. The fourth-order valence-corrected chi connectivity index (χ4v) is 2.62. The molecule has 0 saturated carbocycles. The Morgan fingerprint density at radius 1 is 1.32 bits per heavy atom. The molecule has 118 valence electrons. The second-order valence-electron chi connectivity index (χ2n) is 4.54. The molecule has 1 aromatic heterocycles. The molecule has 2 N–H and O–H groups in total. The lowest BCUT2D eigenvalue weighted by Gasteiger charge is -2.14. The van der Waals surface area contributed by atoms with Gasteiger partial charge in [-0.3, -0.25) is 0 Å². The van der Waals surface area contributed by atoms with Crippen LogP contribution >= 0.6 is 11.3 Å². The number of thiophene rings is 1. The topological polar surface area (TPSA) is 50.4 Å². The minimum absolute atomic E-state index is 0.0524. The van der Waals surface area contributed by atoms with Crippen molar-refractivity contribution in [1.29, 1.82) is 0 Å². The van der Waals surface area contributed by atoms with E-state index in [1.165, 1.54) is 6.07 Å². The van der Waals surface area contributed by atoms with Gasteiger partial charge in [0.1, 0.15) is 5.75 Å². The van der Waals surface area contributed by atoms with Crippen LogP contribution < -0.4 is 15.4 Å². The summed E-state index contributed by atoms with van der Waals surface area (Å²) in [5.41, 5.74) is 0.892. The molecule has 0 radical (unpaired) electrons. The van der Waals surface area contributed by atoms with Gasteiger partial charge >= 0.3 is 12.6 Å². The molecule has 22 heavy (non-hydrogen) atoms. The maximum absolute atomic E-state index is 12.4. The minimum Gasteiger partial charge on any atom is -0.433 e. The summed E-state index contributed by atoms with van der Waals surface area (Å²) >= 11 is 1.62. The van der Waals surface area contributed by atoms with Gasteiger partial charge < -0.3 is 15.4 Å². The summed E-state index contributed by atoms with van der Waals surface area (Å²) in [4.78, 5) is 13.0. The maximum atomic E-state index is 12.4. The predicted molar refractivity (Wildman–Crippen MR) is 82.9 cm³/mol. The van der Waals surface area contributed by atoms with Crippen molar-refractivity contribution in [2.45, 2.75) is 20.0 Å². The van der Waals surface area contributed by atoms with Gasteiger partial charge in [-0.25, -0.2) is 4.79 Å². The van der Waals surface area contributed by atoms with Crippen LogP contribution in [-0.2, 0) is 6.42 Å². The molecular formula is C15H16F2N2O2S. The zero-order valence-corrected chi connectivity index (χ0v) is 12.8. The second kappa shape index (κ2) is 7.74. The molecule has 2 aromatic rings. The van der Waals surface area contributed by atoms with E-state index in [0.717, 1.165) is 11.3 Å². The Morgan fingerprint density at radius 2 is 2.14 bits per heavy atom.